The Balaban J connectivity index is 0.968. The summed E-state index contributed by atoms with van der Waals surface area (Å²) in [6, 6.07) is 10.4. The van der Waals surface area contributed by atoms with E-state index in [9.17, 15) is 9.59 Å². The molecular weight excluding hydrogens is 731 g/mol. The molecule has 2 heterocycles. The number of allylic oxidation sites excluding steroid dienone is 1. The van der Waals surface area contributed by atoms with Crippen molar-refractivity contribution < 1.29 is 19.1 Å². The largest absolute Gasteiger partial charge is 0.462 e. The Bertz CT molecular complexity index is 2020. The zero-order valence-corrected chi connectivity index (χ0v) is 37.8. The summed E-state index contributed by atoms with van der Waals surface area (Å²) in [5.41, 5.74) is 3.02. The molecule has 6 saturated carbocycles. The molecule has 7 aliphatic rings. The summed E-state index contributed by atoms with van der Waals surface area (Å²) in [5, 5.41) is 0. The van der Waals surface area contributed by atoms with E-state index >= 15 is 4.79 Å². The normalized spacial score (nSPS) is 43.0. The number of imidazole rings is 1. The highest BCUT2D eigenvalue weighted by Gasteiger charge is 2.72. The van der Waals surface area contributed by atoms with Crippen molar-refractivity contribution in [1.29, 1.82) is 0 Å². The van der Waals surface area contributed by atoms with Crippen LogP contribution in [0.4, 0.5) is 0 Å². The lowest BCUT2D eigenvalue weighted by Gasteiger charge is -2.73. The van der Waals surface area contributed by atoms with Crippen LogP contribution in [0.2, 0.25) is 0 Å². The fourth-order valence-corrected chi connectivity index (χ4v) is 16.8. The Morgan fingerprint density at radius 2 is 1.54 bits per heavy atom. The van der Waals surface area contributed by atoms with Crippen molar-refractivity contribution in [2.24, 2.45) is 73.9 Å². The number of hydrogen-bond acceptors (Lipinski definition) is 5. The summed E-state index contributed by atoms with van der Waals surface area (Å²) >= 11 is 0. The molecule has 1 aromatic carbocycles. The first kappa shape index (κ1) is 41.1. The topological polar surface area (TPSA) is 92.4 Å². The summed E-state index contributed by atoms with van der Waals surface area (Å²) in [5.74, 6) is 3.38. The summed E-state index contributed by atoms with van der Waals surface area (Å²) in [6.07, 6.45) is 15.2. The summed E-state index contributed by atoms with van der Waals surface area (Å²) < 4.78 is 6.55. The lowest BCUT2D eigenvalue weighted by atomic mass is 9.32. The van der Waals surface area contributed by atoms with Crippen LogP contribution in [0, 0.1) is 73.9 Å². The Morgan fingerprint density at radius 3 is 2.24 bits per heavy atom. The number of aromatic nitrogens is 2. The van der Waals surface area contributed by atoms with Crippen molar-refractivity contribution in [3.63, 3.8) is 0 Å². The first-order chi connectivity index (χ1) is 27.8. The molecule has 59 heavy (non-hydrogen) atoms. The molecule has 7 nitrogen and oxygen atoms in total. The van der Waals surface area contributed by atoms with E-state index < -0.39 is 0 Å². The maximum atomic E-state index is 15.5. The molecule has 1 amide bonds. The first-order valence-corrected chi connectivity index (χ1v) is 23.6. The molecule has 1 N–H and O–H groups in total. The Hall–Kier alpha value is -3.22. The predicted octanol–water partition coefficient (Wildman–Crippen LogP) is 11.6. The van der Waals surface area contributed by atoms with E-state index in [0.717, 1.165) is 81.4 Å². The van der Waals surface area contributed by atoms with E-state index in [1.165, 1.54) is 24.8 Å². The van der Waals surface area contributed by atoms with E-state index in [4.69, 9.17) is 9.72 Å². The number of fused-ring (bicyclic) bond motifs is 7. The molecule has 0 bridgehead atoms. The van der Waals surface area contributed by atoms with Crippen LogP contribution in [0.25, 0.3) is 11.3 Å². The second kappa shape index (κ2) is 13.9. The van der Waals surface area contributed by atoms with Gasteiger partial charge in [0.15, 0.2) is 0 Å². The molecule has 1 saturated heterocycles. The van der Waals surface area contributed by atoms with Crippen LogP contribution in [-0.4, -0.2) is 45.2 Å². The monoisotopic (exact) mass is 804 g/mol. The molecule has 2 aromatic rings. The third-order valence-corrected chi connectivity index (χ3v) is 20.2. The summed E-state index contributed by atoms with van der Waals surface area (Å²) in [4.78, 5) is 52.4. The van der Waals surface area contributed by atoms with Gasteiger partial charge in [-0.15, -0.1) is 0 Å². The number of aromatic amines is 1. The zero-order valence-electron chi connectivity index (χ0n) is 37.8. The van der Waals surface area contributed by atoms with Gasteiger partial charge in [0.1, 0.15) is 17.7 Å². The standard InChI is InChI=1S/C52H73N3O4/c1-31(2)34-20-25-52(46(58)55-28-14-17-39(55)44-53-30-38(54-44)33-15-12-11-13-16-33)27-26-50(9)35(43(34)52)18-19-41-49(8)23-22-42(48(6,7)40(49)21-24-51(41,50)10)59-45(57)37-29-36(32(3)56)47(37,4)5/h11-13,15-16,30,34-37,39-43H,1,14,17-29H2,2-10H3,(H,53,54)/t34-,35+,36-,37+,39-,40-,41+,42-,43+,49-,50+,51+,52-/m0/s1. The second-order valence-electron chi connectivity index (χ2n) is 23.1. The zero-order chi connectivity index (χ0) is 42.1. The van der Waals surface area contributed by atoms with Gasteiger partial charge >= 0.3 is 5.97 Å². The number of likely N-dealkylation sites (tertiary alicyclic amines) is 1. The summed E-state index contributed by atoms with van der Waals surface area (Å²) in [6.45, 7) is 26.2. The van der Waals surface area contributed by atoms with Gasteiger partial charge in [-0.3, -0.25) is 14.4 Å². The van der Waals surface area contributed by atoms with Gasteiger partial charge in [0, 0.05) is 17.9 Å². The molecule has 13 atom stereocenters. The van der Waals surface area contributed by atoms with Gasteiger partial charge in [0.2, 0.25) is 5.91 Å². The maximum Gasteiger partial charge on any atom is 0.309 e. The van der Waals surface area contributed by atoms with E-state index in [-0.39, 0.29) is 68.2 Å². The minimum absolute atomic E-state index is 0.00826. The number of H-pyrrole nitrogens is 1. The molecule has 7 fully saturated rings. The number of nitrogens with zero attached hydrogens (tertiary/aromatic N) is 2. The van der Waals surface area contributed by atoms with E-state index in [2.05, 4.69) is 96.1 Å². The molecule has 0 unspecified atom stereocenters. The van der Waals surface area contributed by atoms with Gasteiger partial charge in [-0.2, -0.15) is 0 Å². The number of carbonyl (C=O) groups excluding carboxylic acids is 3. The van der Waals surface area contributed by atoms with Crippen molar-refractivity contribution >= 4 is 17.7 Å². The first-order valence-electron chi connectivity index (χ1n) is 23.6. The molecular formula is C52H73N3O4. The van der Waals surface area contributed by atoms with Crippen LogP contribution < -0.4 is 0 Å². The van der Waals surface area contributed by atoms with Gasteiger partial charge in [-0.1, -0.05) is 91.0 Å². The number of nitrogens with one attached hydrogen (secondary N) is 1. The molecule has 1 aliphatic heterocycles. The van der Waals surface area contributed by atoms with Gasteiger partial charge in [-0.25, -0.2) is 4.98 Å². The lowest BCUT2D eigenvalue weighted by molar-refractivity contribution is -0.251. The average molecular weight is 804 g/mol. The SMILES string of the molecule is C=C(C)[C@@H]1CC[C@]2(C(=O)N3CCC[C@H]3c3ncc(-c4ccccc4)[nH]3)CC[C@]3(C)[C@H](CC[C@@H]4[C@@]5(C)CC[C@H](OC(=O)[C@H]6C[C@@H](C(C)=O)C6(C)C)C(C)(C)[C@@H]5CC[C@]43C)[C@@H]12. The number of Topliss-reactive ketones (excluding diaryl/α,β-unsaturated/α-hetero) is 1. The molecule has 1 aromatic heterocycles. The average Bonchev–Trinajstić information content (AvgIpc) is 3.95. The number of carbonyl (C=O) groups is 3. The second-order valence-corrected chi connectivity index (χ2v) is 23.1. The van der Waals surface area contributed by atoms with E-state index in [1.807, 2.05) is 12.3 Å². The molecule has 6 aliphatic carbocycles. The molecule has 9 rings (SSSR count). The number of hydrogen-bond donors (Lipinski definition) is 1. The number of benzene rings is 1. The smallest absolute Gasteiger partial charge is 0.309 e. The number of ketones is 1. The van der Waals surface area contributed by atoms with Crippen molar-refractivity contribution in [2.45, 2.75) is 158 Å². The van der Waals surface area contributed by atoms with Gasteiger partial charge in [0.25, 0.3) is 0 Å². The molecule has 0 spiro atoms. The van der Waals surface area contributed by atoms with Crippen molar-refractivity contribution in [2.75, 3.05) is 6.54 Å². The number of ether oxygens (including phenoxy) is 1. The van der Waals surface area contributed by atoms with Gasteiger partial charge < -0.3 is 14.6 Å². The molecule has 0 radical (unpaired) electrons. The minimum atomic E-state index is -0.348. The maximum absolute atomic E-state index is 15.5. The molecule has 320 valence electrons. The van der Waals surface area contributed by atoms with Crippen molar-refractivity contribution in [1.82, 2.24) is 14.9 Å². The van der Waals surface area contributed by atoms with Gasteiger partial charge in [0.05, 0.1) is 29.3 Å². The lowest BCUT2D eigenvalue weighted by Crippen LogP contribution is -2.67. The van der Waals surface area contributed by atoms with Crippen molar-refractivity contribution in [3.8, 4) is 11.3 Å². The van der Waals surface area contributed by atoms with Crippen LogP contribution in [0.15, 0.2) is 48.7 Å². The van der Waals surface area contributed by atoms with E-state index in [0.29, 0.717) is 41.9 Å². The summed E-state index contributed by atoms with van der Waals surface area (Å²) in [7, 11) is 0. The van der Waals surface area contributed by atoms with E-state index in [1.54, 1.807) is 6.92 Å². The van der Waals surface area contributed by atoms with Crippen LogP contribution in [-0.2, 0) is 19.1 Å². The third kappa shape index (κ3) is 5.76. The Morgan fingerprint density at radius 1 is 0.797 bits per heavy atom. The fourth-order valence-electron chi connectivity index (χ4n) is 16.8. The van der Waals surface area contributed by atoms with Crippen LogP contribution in [0.5, 0.6) is 0 Å². The predicted molar refractivity (Wildman–Crippen MR) is 233 cm³/mol. The highest BCUT2D eigenvalue weighted by atomic mass is 16.5. The number of esters is 1. The van der Waals surface area contributed by atoms with Gasteiger partial charge in [-0.05, 0) is 154 Å². The highest BCUT2D eigenvalue weighted by molar-refractivity contribution is 5.85. The quantitative estimate of drug-likeness (QED) is 0.222. The third-order valence-electron chi connectivity index (χ3n) is 20.2. The highest BCUT2D eigenvalue weighted by Crippen LogP contribution is 2.78. The Kier molecular flexibility index (Phi) is 9.69. The Labute approximate surface area is 354 Å². The van der Waals surface area contributed by atoms with Crippen molar-refractivity contribution in [3.05, 3.63) is 54.5 Å². The van der Waals surface area contributed by atoms with Crippen LogP contribution in [0.1, 0.15) is 158 Å². The fraction of sp³-hybridized carbons (Fsp3) is 0.731. The number of amides is 1. The minimum Gasteiger partial charge on any atom is -0.462 e. The molecule has 7 heteroatoms. The van der Waals surface area contributed by atoms with Crippen LogP contribution >= 0.6 is 0 Å². The van der Waals surface area contributed by atoms with Crippen LogP contribution in [0.3, 0.4) is 0 Å². The number of rotatable bonds is 7.